The first-order valence-corrected chi connectivity index (χ1v) is 7.99. The predicted octanol–water partition coefficient (Wildman–Crippen LogP) is 5.88. The summed E-state index contributed by atoms with van der Waals surface area (Å²) in [7, 11) is 0. The Hall–Kier alpha value is -1.87. The maximum Gasteiger partial charge on any atom is 0.0130 e. The molecule has 1 heteroatoms. The van der Waals surface area contributed by atoms with Gasteiger partial charge in [-0.1, -0.05) is 72.8 Å². The van der Waals surface area contributed by atoms with Gasteiger partial charge in [-0.15, -0.1) is 0 Å². The Morgan fingerprint density at radius 2 is 1.10 bits per heavy atom. The van der Waals surface area contributed by atoms with Crippen molar-refractivity contribution in [2.45, 2.75) is 0 Å². The van der Waals surface area contributed by atoms with Crippen molar-refractivity contribution in [1.82, 2.24) is 0 Å². The van der Waals surface area contributed by atoms with Crippen molar-refractivity contribution in [3.63, 3.8) is 0 Å². The molecule has 3 aromatic carbocycles. The fraction of sp³-hybridized carbons (Fsp3) is 0. The summed E-state index contributed by atoms with van der Waals surface area (Å²) in [6, 6.07) is 29.7. The molecule has 0 aliphatic heterocycles. The van der Waals surface area contributed by atoms with Gasteiger partial charge in [0.1, 0.15) is 0 Å². The van der Waals surface area contributed by atoms with E-state index in [4.69, 9.17) is 0 Å². The summed E-state index contributed by atoms with van der Waals surface area (Å²) in [5, 5.41) is 0. The average molecular weight is 382 g/mol. The van der Waals surface area contributed by atoms with E-state index in [1.165, 1.54) is 25.8 Å². The monoisotopic (exact) mass is 382 g/mol. The van der Waals surface area contributed by atoms with Crippen LogP contribution in [0.15, 0.2) is 84.9 Å². The van der Waals surface area contributed by atoms with E-state index in [-0.39, 0.29) is 0 Å². The number of hydrogen-bond donors (Lipinski definition) is 0. The van der Waals surface area contributed by atoms with E-state index in [9.17, 15) is 0 Å². The highest BCUT2D eigenvalue weighted by Crippen LogP contribution is 2.26. The molecular weight excluding hydrogens is 367 g/mol. The van der Waals surface area contributed by atoms with E-state index in [2.05, 4.69) is 114 Å². The van der Waals surface area contributed by atoms with Crippen LogP contribution in [-0.4, -0.2) is 0 Å². The summed E-state index contributed by atoms with van der Waals surface area (Å²) in [4.78, 5) is 0. The topological polar surface area (TPSA) is 0 Å². The minimum Gasteiger partial charge on any atom is -0.0622 e. The highest BCUT2D eigenvalue weighted by atomic mass is 127. The van der Waals surface area contributed by atoms with Gasteiger partial charge in [-0.2, -0.15) is 0 Å². The van der Waals surface area contributed by atoms with E-state index in [0.717, 1.165) is 0 Å². The summed E-state index contributed by atoms with van der Waals surface area (Å²) in [6.45, 7) is 0. The van der Waals surface area contributed by atoms with Gasteiger partial charge in [0.15, 0.2) is 0 Å². The summed E-state index contributed by atoms with van der Waals surface area (Å²) >= 11 is 2.33. The van der Waals surface area contributed by atoms with Gasteiger partial charge < -0.3 is 0 Å². The van der Waals surface area contributed by atoms with Crippen LogP contribution < -0.4 is 0 Å². The molecule has 0 saturated carbocycles. The quantitative estimate of drug-likeness (QED) is 0.392. The first-order valence-electron chi connectivity index (χ1n) is 6.91. The third-order valence-corrected chi connectivity index (χ3v) is 4.07. The van der Waals surface area contributed by atoms with Crippen molar-refractivity contribution in [2.75, 3.05) is 0 Å². The standard InChI is InChI=1S/C20H15I/c21-19-13-11-16(12-14-19)15-20(17-7-3-1-4-8-17)18-9-5-2-6-10-18/h1-15H. The third kappa shape index (κ3) is 3.61. The van der Waals surface area contributed by atoms with E-state index in [1.807, 2.05) is 0 Å². The van der Waals surface area contributed by atoms with Crippen LogP contribution in [0.2, 0.25) is 0 Å². The number of hydrogen-bond acceptors (Lipinski definition) is 0. The molecule has 21 heavy (non-hydrogen) atoms. The molecular formula is C20H15I. The fourth-order valence-corrected chi connectivity index (χ4v) is 2.65. The van der Waals surface area contributed by atoms with Crippen LogP contribution in [0.4, 0.5) is 0 Å². The molecule has 0 radical (unpaired) electrons. The van der Waals surface area contributed by atoms with Crippen molar-refractivity contribution >= 4 is 34.2 Å². The van der Waals surface area contributed by atoms with Crippen LogP contribution in [0.1, 0.15) is 16.7 Å². The van der Waals surface area contributed by atoms with E-state index < -0.39 is 0 Å². The van der Waals surface area contributed by atoms with Crippen molar-refractivity contribution in [3.05, 3.63) is 105 Å². The SMILES string of the molecule is Ic1ccc(C=C(c2ccccc2)c2ccccc2)cc1. The third-order valence-electron chi connectivity index (χ3n) is 3.35. The van der Waals surface area contributed by atoms with Crippen molar-refractivity contribution in [1.29, 1.82) is 0 Å². The smallest absolute Gasteiger partial charge is 0.0130 e. The lowest BCUT2D eigenvalue weighted by molar-refractivity contribution is 1.55. The second-order valence-corrected chi connectivity index (χ2v) is 6.09. The Bertz CT molecular complexity index is 684. The zero-order valence-electron chi connectivity index (χ0n) is 11.5. The lowest BCUT2D eigenvalue weighted by Crippen LogP contribution is -1.88. The van der Waals surface area contributed by atoms with Crippen LogP contribution >= 0.6 is 22.6 Å². The Kier molecular flexibility index (Phi) is 4.51. The van der Waals surface area contributed by atoms with Gasteiger partial charge >= 0.3 is 0 Å². The van der Waals surface area contributed by atoms with Crippen LogP contribution in [0.25, 0.3) is 11.6 Å². The molecule has 0 aromatic heterocycles. The zero-order valence-corrected chi connectivity index (χ0v) is 13.7. The minimum absolute atomic E-state index is 1.22. The van der Waals surface area contributed by atoms with Crippen LogP contribution in [0.3, 0.4) is 0 Å². The van der Waals surface area contributed by atoms with Gasteiger partial charge in [0.2, 0.25) is 0 Å². The van der Waals surface area contributed by atoms with E-state index in [0.29, 0.717) is 0 Å². The molecule has 3 rings (SSSR count). The van der Waals surface area contributed by atoms with E-state index >= 15 is 0 Å². The normalized spacial score (nSPS) is 10.1. The second kappa shape index (κ2) is 6.72. The first kappa shape index (κ1) is 14.1. The van der Waals surface area contributed by atoms with Gasteiger partial charge in [-0.3, -0.25) is 0 Å². The highest BCUT2D eigenvalue weighted by molar-refractivity contribution is 14.1. The zero-order chi connectivity index (χ0) is 14.5. The van der Waals surface area contributed by atoms with Gasteiger partial charge in [0, 0.05) is 3.57 Å². The van der Waals surface area contributed by atoms with Crippen LogP contribution in [-0.2, 0) is 0 Å². The van der Waals surface area contributed by atoms with Gasteiger partial charge in [0.05, 0.1) is 0 Å². The Labute approximate surface area is 139 Å². The Balaban J connectivity index is 2.10. The van der Waals surface area contributed by atoms with Gasteiger partial charge in [-0.25, -0.2) is 0 Å². The number of halogens is 1. The maximum absolute atomic E-state index is 2.33. The first-order chi connectivity index (χ1) is 10.3. The lowest BCUT2D eigenvalue weighted by Gasteiger charge is -2.09. The highest BCUT2D eigenvalue weighted by Gasteiger charge is 2.04. The van der Waals surface area contributed by atoms with Crippen LogP contribution in [0, 0.1) is 3.57 Å². The molecule has 0 spiro atoms. The summed E-state index contributed by atoms with van der Waals surface area (Å²) < 4.78 is 1.26. The predicted molar refractivity (Wildman–Crippen MR) is 99.0 cm³/mol. The molecule has 0 unspecified atom stereocenters. The molecule has 0 amide bonds. The summed E-state index contributed by atoms with van der Waals surface area (Å²) in [6.07, 6.45) is 2.25. The molecule has 0 atom stereocenters. The van der Waals surface area contributed by atoms with Gasteiger partial charge in [0.25, 0.3) is 0 Å². The van der Waals surface area contributed by atoms with Gasteiger partial charge in [-0.05, 0) is 63.1 Å². The Morgan fingerprint density at radius 1 is 0.619 bits per heavy atom. The summed E-state index contributed by atoms with van der Waals surface area (Å²) in [5.41, 5.74) is 4.94. The molecule has 0 fully saturated rings. The lowest BCUT2D eigenvalue weighted by atomic mass is 9.96. The van der Waals surface area contributed by atoms with Crippen molar-refractivity contribution < 1.29 is 0 Å². The minimum atomic E-state index is 1.22. The molecule has 0 saturated heterocycles. The van der Waals surface area contributed by atoms with Crippen LogP contribution in [0.5, 0.6) is 0 Å². The van der Waals surface area contributed by atoms with E-state index in [1.54, 1.807) is 0 Å². The Morgan fingerprint density at radius 3 is 1.57 bits per heavy atom. The van der Waals surface area contributed by atoms with Crippen molar-refractivity contribution in [2.24, 2.45) is 0 Å². The average Bonchev–Trinajstić information content (AvgIpc) is 2.56. The molecule has 0 aliphatic rings. The maximum atomic E-state index is 2.33. The molecule has 0 bridgehead atoms. The molecule has 3 aromatic rings. The number of benzene rings is 3. The molecule has 0 heterocycles. The molecule has 0 N–H and O–H groups in total. The molecule has 102 valence electrons. The number of rotatable bonds is 3. The fourth-order valence-electron chi connectivity index (χ4n) is 2.29. The molecule has 0 aliphatic carbocycles. The second-order valence-electron chi connectivity index (χ2n) is 4.84. The van der Waals surface area contributed by atoms with Crippen molar-refractivity contribution in [3.8, 4) is 0 Å². The molecule has 0 nitrogen and oxygen atoms in total. The largest absolute Gasteiger partial charge is 0.0622 e. The summed E-state index contributed by atoms with van der Waals surface area (Å²) in [5.74, 6) is 0.